The second-order valence-electron chi connectivity index (χ2n) is 7.94. The van der Waals surface area contributed by atoms with Crippen molar-refractivity contribution in [2.45, 2.75) is 38.0 Å². The molecule has 1 saturated carbocycles. The third-order valence-corrected chi connectivity index (χ3v) is 5.79. The zero-order valence-electron chi connectivity index (χ0n) is 17.0. The van der Waals surface area contributed by atoms with Gasteiger partial charge in [-0.3, -0.25) is 10.5 Å². The number of amidine groups is 1. The van der Waals surface area contributed by atoms with Crippen molar-refractivity contribution in [2.75, 3.05) is 30.8 Å². The van der Waals surface area contributed by atoms with E-state index < -0.39 is 0 Å². The second kappa shape index (κ2) is 7.47. The Balaban J connectivity index is 1.39. The van der Waals surface area contributed by atoms with Crippen molar-refractivity contribution in [1.82, 2.24) is 20.2 Å². The molecule has 0 spiro atoms. The lowest BCUT2D eigenvalue weighted by Gasteiger charge is -2.29. The standard InChI is InChI=1S/C21H26N8O/c1-30-15-6-2-4-13-18(15)25-21(23)26-20(13)24-16(22)9-11-29-10-3-5-14-19(29)17(28-27-14)12-7-8-12/h2,4,6,12H,3,5,7-11H2,1H3,(H,27,28)(H4,22,23,24,25,26). The number of benzene rings is 1. The SMILES string of the molecule is COc1cccc2/c(=N/C(=N)CCN3CCCc4[nH]nc(C5CC5)c43)[nH]c(N)nc12. The largest absolute Gasteiger partial charge is 0.494 e. The summed E-state index contributed by atoms with van der Waals surface area (Å²) >= 11 is 0. The fraction of sp³-hybridized carbons (Fsp3) is 0.429. The van der Waals surface area contributed by atoms with Crippen LogP contribution in [0.15, 0.2) is 23.2 Å². The van der Waals surface area contributed by atoms with Crippen LogP contribution >= 0.6 is 0 Å². The predicted molar refractivity (Wildman–Crippen MR) is 116 cm³/mol. The van der Waals surface area contributed by atoms with Gasteiger partial charge >= 0.3 is 0 Å². The van der Waals surface area contributed by atoms with Crippen LogP contribution in [0.25, 0.3) is 10.9 Å². The van der Waals surface area contributed by atoms with Crippen LogP contribution in [0, 0.1) is 5.41 Å². The van der Waals surface area contributed by atoms with Crippen molar-refractivity contribution in [2.24, 2.45) is 4.99 Å². The summed E-state index contributed by atoms with van der Waals surface area (Å²) in [5, 5.41) is 17.1. The van der Waals surface area contributed by atoms with Gasteiger partial charge in [-0.25, -0.2) is 9.98 Å². The molecule has 5 rings (SSSR count). The van der Waals surface area contributed by atoms with Crippen LogP contribution in [-0.2, 0) is 6.42 Å². The molecule has 0 amide bonds. The van der Waals surface area contributed by atoms with E-state index in [1.165, 1.54) is 29.9 Å². The number of anilines is 2. The smallest absolute Gasteiger partial charge is 0.199 e. The third-order valence-electron chi connectivity index (χ3n) is 5.79. The first-order valence-corrected chi connectivity index (χ1v) is 10.4. The topological polar surface area (TPSA) is 132 Å². The minimum Gasteiger partial charge on any atom is -0.494 e. The molecule has 3 aromatic rings. The molecule has 0 unspecified atom stereocenters. The van der Waals surface area contributed by atoms with Crippen LogP contribution in [0.1, 0.15) is 43.0 Å². The van der Waals surface area contributed by atoms with Crippen molar-refractivity contribution in [1.29, 1.82) is 5.41 Å². The Kier molecular flexibility index (Phi) is 4.65. The van der Waals surface area contributed by atoms with E-state index in [2.05, 4.69) is 30.1 Å². The van der Waals surface area contributed by atoms with E-state index in [0.29, 0.717) is 34.9 Å². The summed E-state index contributed by atoms with van der Waals surface area (Å²) in [6, 6.07) is 5.61. The second-order valence-corrected chi connectivity index (χ2v) is 7.94. The lowest BCUT2D eigenvalue weighted by atomic mass is 10.1. The van der Waals surface area contributed by atoms with E-state index in [1.54, 1.807) is 7.11 Å². The first-order chi connectivity index (χ1) is 14.6. The van der Waals surface area contributed by atoms with Crippen LogP contribution in [-0.4, -0.2) is 46.2 Å². The molecule has 1 aromatic carbocycles. The maximum absolute atomic E-state index is 8.46. The summed E-state index contributed by atoms with van der Waals surface area (Å²) in [7, 11) is 1.60. The number of rotatable bonds is 5. The van der Waals surface area contributed by atoms with E-state index in [1.807, 2.05) is 18.2 Å². The summed E-state index contributed by atoms with van der Waals surface area (Å²) in [5.41, 5.74) is 10.8. The van der Waals surface area contributed by atoms with Gasteiger partial charge in [0.25, 0.3) is 0 Å². The van der Waals surface area contributed by atoms with Crippen LogP contribution in [0.5, 0.6) is 5.75 Å². The molecule has 9 heteroatoms. The number of hydrogen-bond acceptors (Lipinski definition) is 6. The van der Waals surface area contributed by atoms with Gasteiger partial charge in [-0.05, 0) is 37.8 Å². The molecular weight excluding hydrogens is 380 g/mol. The Hall–Kier alpha value is -3.36. The van der Waals surface area contributed by atoms with Gasteiger partial charge in [0.1, 0.15) is 22.6 Å². The van der Waals surface area contributed by atoms with Crippen molar-refractivity contribution < 1.29 is 4.74 Å². The number of nitrogens with zero attached hydrogens (tertiary/aromatic N) is 4. The Morgan fingerprint density at radius 1 is 1.40 bits per heavy atom. The Bertz CT molecular complexity index is 1170. The number of H-pyrrole nitrogens is 2. The number of aryl methyl sites for hydroxylation is 1. The fourth-order valence-corrected chi connectivity index (χ4v) is 4.19. The number of fused-ring (bicyclic) bond motifs is 2. The number of para-hydroxylation sites is 1. The van der Waals surface area contributed by atoms with Gasteiger partial charge in [0.15, 0.2) is 5.95 Å². The highest BCUT2D eigenvalue weighted by Crippen LogP contribution is 2.45. The number of nitrogens with one attached hydrogen (secondary N) is 3. The summed E-state index contributed by atoms with van der Waals surface area (Å²) < 4.78 is 5.39. The number of ether oxygens (including phenoxy) is 1. The Morgan fingerprint density at radius 3 is 3.07 bits per heavy atom. The average molecular weight is 406 g/mol. The molecule has 0 atom stereocenters. The summed E-state index contributed by atoms with van der Waals surface area (Å²) in [6.07, 6.45) is 5.14. The highest BCUT2D eigenvalue weighted by atomic mass is 16.5. The minimum atomic E-state index is 0.242. The van der Waals surface area contributed by atoms with Gasteiger partial charge in [0, 0.05) is 30.8 Å². The van der Waals surface area contributed by atoms with Crippen LogP contribution in [0.2, 0.25) is 0 Å². The first-order valence-electron chi connectivity index (χ1n) is 10.4. The molecule has 156 valence electrons. The van der Waals surface area contributed by atoms with Crippen LogP contribution in [0.3, 0.4) is 0 Å². The lowest BCUT2D eigenvalue weighted by molar-refractivity contribution is 0.419. The summed E-state index contributed by atoms with van der Waals surface area (Å²) in [4.78, 5) is 14.2. The summed E-state index contributed by atoms with van der Waals surface area (Å²) in [6.45, 7) is 1.74. The number of aromatic amines is 2. The molecular formula is C21H26N8O. The quantitative estimate of drug-likeness (QED) is 0.382. The van der Waals surface area contributed by atoms with Gasteiger partial charge in [-0.15, -0.1) is 0 Å². The molecule has 3 heterocycles. The fourth-order valence-electron chi connectivity index (χ4n) is 4.19. The number of nitrogen functional groups attached to an aromatic ring is 1. The molecule has 30 heavy (non-hydrogen) atoms. The minimum absolute atomic E-state index is 0.242. The highest BCUT2D eigenvalue weighted by molar-refractivity contribution is 5.86. The van der Waals surface area contributed by atoms with Crippen LogP contribution in [0.4, 0.5) is 11.6 Å². The molecule has 1 fully saturated rings. The van der Waals surface area contributed by atoms with Gasteiger partial charge < -0.3 is 20.4 Å². The van der Waals surface area contributed by atoms with Crippen molar-refractivity contribution in [3.05, 3.63) is 35.1 Å². The Morgan fingerprint density at radius 2 is 2.27 bits per heavy atom. The maximum atomic E-state index is 8.46. The van der Waals surface area contributed by atoms with E-state index in [4.69, 9.17) is 15.9 Å². The van der Waals surface area contributed by atoms with Crippen molar-refractivity contribution in [3.8, 4) is 5.75 Å². The van der Waals surface area contributed by atoms with Gasteiger partial charge in [-0.1, -0.05) is 6.07 Å². The number of nitrogens with two attached hydrogens (primary N) is 1. The molecule has 9 nitrogen and oxygen atoms in total. The monoisotopic (exact) mass is 406 g/mol. The van der Waals surface area contributed by atoms with Gasteiger partial charge in [-0.2, -0.15) is 5.10 Å². The summed E-state index contributed by atoms with van der Waals surface area (Å²) in [5.74, 6) is 1.77. The normalized spacial score (nSPS) is 16.7. The maximum Gasteiger partial charge on any atom is 0.199 e. The van der Waals surface area contributed by atoms with E-state index >= 15 is 0 Å². The third kappa shape index (κ3) is 3.40. The lowest BCUT2D eigenvalue weighted by Crippen LogP contribution is -2.31. The molecule has 0 bridgehead atoms. The molecule has 2 aromatic heterocycles. The molecule has 1 aliphatic carbocycles. The molecule has 5 N–H and O–H groups in total. The highest BCUT2D eigenvalue weighted by Gasteiger charge is 2.33. The van der Waals surface area contributed by atoms with E-state index in [9.17, 15) is 0 Å². The van der Waals surface area contributed by atoms with Crippen LogP contribution < -0.4 is 20.9 Å². The Labute approximate surface area is 173 Å². The average Bonchev–Trinajstić information content (AvgIpc) is 3.50. The molecule has 0 radical (unpaired) electrons. The van der Waals surface area contributed by atoms with Gasteiger partial charge in [0.2, 0.25) is 0 Å². The van der Waals surface area contributed by atoms with Gasteiger partial charge in [0.05, 0.1) is 24.2 Å². The molecule has 1 aliphatic heterocycles. The van der Waals surface area contributed by atoms with Crippen molar-refractivity contribution >= 4 is 28.4 Å². The van der Waals surface area contributed by atoms with Crippen molar-refractivity contribution in [3.63, 3.8) is 0 Å². The number of methoxy groups -OCH3 is 1. The number of aromatic nitrogens is 4. The first kappa shape index (κ1) is 18.7. The predicted octanol–water partition coefficient (Wildman–Crippen LogP) is 2.48. The van der Waals surface area contributed by atoms with E-state index in [0.717, 1.165) is 31.3 Å². The zero-order chi connectivity index (χ0) is 20.7. The number of hydrogen-bond donors (Lipinski definition) is 4. The van der Waals surface area contributed by atoms with E-state index in [-0.39, 0.29) is 5.95 Å². The zero-order valence-corrected chi connectivity index (χ0v) is 17.0. The molecule has 2 aliphatic rings. The molecule has 0 saturated heterocycles.